The summed E-state index contributed by atoms with van der Waals surface area (Å²) in [7, 11) is 1.28. The number of hydrogen-bond acceptors (Lipinski definition) is 3. The molecule has 0 radical (unpaired) electrons. The van der Waals surface area contributed by atoms with Crippen LogP contribution in [0.2, 0.25) is 0 Å². The van der Waals surface area contributed by atoms with Gasteiger partial charge in [-0.1, -0.05) is 6.07 Å². The highest BCUT2D eigenvalue weighted by molar-refractivity contribution is 5.95. The molecule has 1 atom stereocenters. The number of methoxy groups -OCH3 is 1. The fraction of sp³-hybridized carbons (Fsp3) is 0.429. The lowest BCUT2D eigenvalue weighted by molar-refractivity contribution is -0.146. The molecule has 4 nitrogen and oxygen atoms in total. The van der Waals surface area contributed by atoms with E-state index in [0.29, 0.717) is 19.4 Å². The van der Waals surface area contributed by atoms with Gasteiger partial charge >= 0.3 is 5.97 Å². The number of esters is 1. The number of carbonyl (C=O) groups is 2. The van der Waals surface area contributed by atoms with Crippen molar-refractivity contribution in [2.24, 2.45) is 5.92 Å². The number of carbonyl (C=O) groups excluding carboxylic acids is 2. The van der Waals surface area contributed by atoms with Crippen LogP contribution in [0.5, 0.6) is 0 Å². The van der Waals surface area contributed by atoms with E-state index in [9.17, 15) is 18.4 Å². The van der Waals surface area contributed by atoms with Crippen molar-refractivity contribution >= 4 is 11.9 Å². The second-order valence-electron chi connectivity index (χ2n) is 4.71. The van der Waals surface area contributed by atoms with Crippen molar-refractivity contribution < 1.29 is 23.1 Å². The van der Waals surface area contributed by atoms with Gasteiger partial charge in [-0.2, -0.15) is 0 Å². The van der Waals surface area contributed by atoms with Gasteiger partial charge in [0.15, 0.2) is 0 Å². The van der Waals surface area contributed by atoms with Crippen LogP contribution in [-0.4, -0.2) is 37.0 Å². The fourth-order valence-electron chi connectivity index (χ4n) is 2.38. The Morgan fingerprint density at radius 1 is 1.30 bits per heavy atom. The molecule has 1 unspecified atom stereocenters. The molecular formula is C14H15F2NO3. The molecule has 6 heteroatoms. The third kappa shape index (κ3) is 2.79. The number of likely N-dealkylation sites (tertiary alicyclic amines) is 1. The number of piperidine rings is 1. The van der Waals surface area contributed by atoms with E-state index < -0.39 is 35.0 Å². The minimum Gasteiger partial charge on any atom is -0.469 e. The van der Waals surface area contributed by atoms with E-state index in [-0.39, 0.29) is 6.54 Å². The quantitative estimate of drug-likeness (QED) is 0.780. The first-order valence-corrected chi connectivity index (χ1v) is 6.35. The predicted octanol–water partition coefficient (Wildman–Crippen LogP) is 1.99. The zero-order valence-electron chi connectivity index (χ0n) is 11.1. The van der Waals surface area contributed by atoms with Gasteiger partial charge in [-0.05, 0) is 25.0 Å². The molecule has 1 aromatic carbocycles. The van der Waals surface area contributed by atoms with Crippen LogP contribution in [0, 0.1) is 17.6 Å². The van der Waals surface area contributed by atoms with Crippen molar-refractivity contribution in [3.8, 4) is 0 Å². The van der Waals surface area contributed by atoms with Crippen LogP contribution in [0.3, 0.4) is 0 Å². The molecule has 0 saturated carbocycles. The first-order valence-electron chi connectivity index (χ1n) is 6.35. The summed E-state index contributed by atoms with van der Waals surface area (Å²) >= 11 is 0. The Kier molecular flexibility index (Phi) is 4.32. The van der Waals surface area contributed by atoms with Crippen LogP contribution >= 0.6 is 0 Å². The van der Waals surface area contributed by atoms with Crippen molar-refractivity contribution in [2.75, 3.05) is 20.2 Å². The molecule has 2 rings (SSSR count). The number of hydrogen-bond donors (Lipinski definition) is 0. The van der Waals surface area contributed by atoms with Crippen LogP contribution in [0.15, 0.2) is 18.2 Å². The van der Waals surface area contributed by atoms with Gasteiger partial charge in [-0.3, -0.25) is 9.59 Å². The Balaban J connectivity index is 2.19. The molecule has 108 valence electrons. The molecule has 1 saturated heterocycles. The molecule has 1 amide bonds. The first-order chi connectivity index (χ1) is 9.54. The molecule has 0 spiro atoms. The largest absolute Gasteiger partial charge is 0.469 e. The van der Waals surface area contributed by atoms with Gasteiger partial charge in [0.05, 0.1) is 13.0 Å². The van der Waals surface area contributed by atoms with Crippen LogP contribution in [0.25, 0.3) is 0 Å². The van der Waals surface area contributed by atoms with Crippen molar-refractivity contribution in [1.29, 1.82) is 0 Å². The molecule has 20 heavy (non-hydrogen) atoms. The zero-order valence-corrected chi connectivity index (χ0v) is 11.1. The van der Waals surface area contributed by atoms with Gasteiger partial charge in [0.2, 0.25) is 0 Å². The van der Waals surface area contributed by atoms with Gasteiger partial charge < -0.3 is 9.64 Å². The number of benzene rings is 1. The van der Waals surface area contributed by atoms with E-state index in [0.717, 1.165) is 12.1 Å². The summed E-state index contributed by atoms with van der Waals surface area (Å²) in [5, 5.41) is 0. The third-order valence-electron chi connectivity index (χ3n) is 3.42. The molecule has 0 bridgehead atoms. The maximum atomic E-state index is 13.6. The Hall–Kier alpha value is -1.98. The van der Waals surface area contributed by atoms with Gasteiger partial charge in [-0.25, -0.2) is 8.78 Å². The standard InChI is InChI=1S/C14H15F2NO3/c1-20-14(19)9-4-3-7-17(8-9)13(18)12-10(15)5-2-6-11(12)16/h2,5-6,9H,3-4,7-8H2,1H3. The molecule has 0 aliphatic carbocycles. The maximum absolute atomic E-state index is 13.6. The van der Waals surface area contributed by atoms with Gasteiger partial charge in [0.25, 0.3) is 5.91 Å². The van der Waals surface area contributed by atoms with Gasteiger partial charge in [0.1, 0.15) is 17.2 Å². The lowest BCUT2D eigenvalue weighted by Gasteiger charge is -2.31. The molecule has 1 fully saturated rings. The van der Waals surface area contributed by atoms with Crippen LogP contribution in [0.1, 0.15) is 23.2 Å². The number of amides is 1. The van der Waals surface area contributed by atoms with Crippen molar-refractivity contribution in [1.82, 2.24) is 4.90 Å². The number of rotatable bonds is 2. The Morgan fingerprint density at radius 3 is 2.55 bits per heavy atom. The molecule has 0 N–H and O–H groups in total. The Bertz CT molecular complexity index is 513. The van der Waals surface area contributed by atoms with E-state index in [1.807, 2.05) is 0 Å². The molecule has 1 heterocycles. The maximum Gasteiger partial charge on any atom is 0.310 e. The van der Waals surface area contributed by atoms with Gasteiger partial charge in [-0.15, -0.1) is 0 Å². The van der Waals surface area contributed by atoms with E-state index in [1.165, 1.54) is 18.1 Å². The first kappa shape index (κ1) is 14.4. The Labute approximate surface area is 115 Å². The zero-order chi connectivity index (χ0) is 14.7. The molecule has 1 aliphatic heterocycles. The average molecular weight is 283 g/mol. The van der Waals surface area contributed by atoms with Crippen LogP contribution < -0.4 is 0 Å². The summed E-state index contributed by atoms with van der Waals surface area (Å²) in [5.74, 6) is -3.36. The second kappa shape index (κ2) is 5.98. The summed E-state index contributed by atoms with van der Waals surface area (Å²) in [6, 6.07) is 3.28. The lowest BCUT2D eigenvalue weighted by atomic mass is 9.97. The summed E-state index contributed by atoms with van der Waals surface area (Å²) in [6.45, 7) is 0.499. The highest BCUT2D eigenvalue weighted by Gasteiger charge is 2.31. The predicted molar refractivity (Wildman–Crippen MR) is 67.0 cm³/mol. The summed E-state index contributed by atoms with van der Waals surface area (Å²) in [6.07, 6.45) is 1.21. The average Bonchev–Trinajstić information content (AvgIpc) is 2.46. The third-order valence-corrected chi connectivity index (χ3v) is 3.42. The monoisotopic (exact) mass is 283 g/mol. The summed E-state index contributed by atoms with van der Waals surface area (Å²) < 4.78 is 31.8. The minimum atomic E-state index is -0.893. The summed E-state index contributed by atoms with van der Waals surface area (Å²) in [4.78, 5) is 25.0. The highest BCUT2D eigenvalue weighted by atomic mass is 19.1. The van der Waals surface area contributed by atoms with Crippen molar-refractivity contribution in [3.63, 3.8) is 0 Å². The van der Waals surface area contributed by atoms with E-state index in [2.05, 4.69) is 4.74 Å². The van der Waals surface area contributed by atoms with Crippen molar-refractivity contribution in [2.45, 2.75) is 12.8 Å². The van der Waals surface area contributed by atoms with Crippen LogP contribution in [-0.2, 0) is 9.53 Å². The highest BCUT2D eigenvalue weighted by Crippen LogP contribution is 2.22. The normalized spacial score (nSPS) is 18.8. The topological polar surface area (TPSA) is 46.6 Å². The molecular weight excluding hydrogens is 268 g/mol. The van der Waals surface area contributed by atoms with E-state index in [4.69, 9.17) is 0 Å². The van der Waals surface area contributed by atoms with E-state index >= 15 is 0 Å². The van der Waals surface area contributed by atoms with E-state index in [1.54, 1.807) is 0 Å². The second-order valence-corrected chi connectivity index (χ2v) is 4.71. The number of halogens is 2. The molecule has 1 aromatic rings. The smallest absolute Gasteiger partial charge is 0.310 e. The Morgan fingerprint density at radius 2 is 1.95 bits per heavy atom. The van der Waals surface area contributed by atoms with Gasteiger partial charge in [0, 0.05) is 13.1 Å². The minimum absolute atomic E-state index is 0.124. The van der Waals surface area contributed by atoms with Crippen molar-refractivity contribution in [3.05, 3.63) is 35.4 Å². The molecule has 0 aromatic heterocycles. The number of ether oxygens (including phenoxy) is 1. The fourth-order valence-corrected chi connectivity index (χ4v) is 2.38. The van der Waals surface area contributed by atoms with Crippen LogP contribution in [0.4, 0.5) is 8.78 Å². The summed E-state index contributed by atoms with van der Waals surface area (Å²) in [5.41, 5.74) is -0.571. The number of nitrogens with zero attached hydrogens (tertiary/aromatic N) is 1. The lowest BCUT2D eigenvalue weighted by Crippen LogP contribution is -2.43. The molecule has 1 aliphatic rings. The SMILES string of the molecule is COC(=O)C1CCCN(C(=O)c2c(F)cccc2F)C1.